The lowest BCUT2D eigenvalue weighted by atomic mass is 9.97. The summed E-state index contributed by atoms with van der Waals surface area (Å²) >= 11 is 0. The first-order chi connectivity index (χ1) is 19.9. The molecule has 1 aromatic heterocycles. The Morgan fingerprint density at radius 1 is 0.927 bits per heavy atom. The van der Waals surface area contributed by atoms with Crippen LogP contribution in [-0.4, -0.2) is 72.5 Å². The summed E-state index contributed by atoms with van der Waals surface area (Å²) in [6.45, 7) is 13.2. The van der Waals surface area contributed by atoms with E-state index >= 15 is 0 Å². The number of aromatic amines is 1. The molecule has 210 valence electrons. The summed E-state index contributed by atoms with van der Waals surface area (Å²) in [6.07, 6.45) is 1.97. The zero-order valence-corrected chi connectivity index (χ0v) is 24.2. The zero-order chi connectivity index (χ0) is 28.5. The van der Waals surface area contributed by atoms with Crippen molar-refractivity contribution >= 4 is 28.2 Å². The number of amides is 1. The van der Waals surface area contributed by atoms with Crippen LogP contribution in [0.5, 0.6) is 0 Å². The minimum Gasteiger partial charge on any atom is -0.368 e. The van der Waals surface area contributed by atoms with Crippen molar-refractivity contribution in [1.29, 1.82) is 5.26 Å². The summed E-state index contributed by atoms with van der Waals surface area (Å²) in [5.41, 5.74) is 8.42. The van der Waals surface area contributed by atoms with Crippen molar-refractivity contribution in [3.8, 4) is 6.07 Å². The zero-order valence-electron chi connectivity index (χ0n) is 24.2. The number of H-pyrrole nitrogens is 1. The van der Waals surface area contributed by atoms with Gasteiger partial charge in [0.15, 0.2) is 0 Å². The number of hydrogen-bond donors (Lipinski definition) is 1. The molecule has 0 bridgehead atoms. The summed E-state index contributed by atoms with van der Waals surface area (Å²) < 4.78 is 0. The average molecular weight is 547 g/mol. The number of aryl methyl sites for hydroxylation is 2. The summed E-state index contributed by atoms with van der Waals surface area (Å²) in [4.78, 5) is 26.4. The van der Waals surface area contributed by atoms with Crippen LogP contribution in [0.3, 0.4) is 0 Å². The van der Waals surface area contributed by atoms with E-state index in [4.69, 9.17) is 0 Å². The maximum absolute atomic E-state index is 13.9. The molecule has 2 saturated heterocycles. The quantitative estimate of drug-likeness (QED) is 0.367. The number of fused-ring (bicyclic) bond motifs is 1. The Hall–Kier alpha value is -4.28. The van der Waals surface area contributed by atoms with E-state index in [1.807, 2.05) is 30.5 Å². The van der Waals surface area contributed by atoms with Crippen LogP contribution in [0.2, 0.25) is 0 Å². The topological polar surface area (TPSA) is 69.6 Å². The molecular weight excluding hydrogens is 508 g/mol. The van der Waals surface area contributed by atoms with E-state index in [1.165, 1.54) is 22.2 Å². The van der Waals surface area contributed by atoms with Crippen molar-refractivity contribution in [1.82, 2.24) is 14.8 Å². The van der Waals surface area contributed by atoms with Gasteiger partial charge in [-0.2, -0.15) is 5.26 Å². The molecule has 3 heterocycles. The van der Waals surface area contributed by atoms with E-state index in [9.17, 15) is 10.1 Å². The van der Waals surface area contributed by atoms with Gasteiger partial charge in [-0.3, -0.25) is 9.69 Å². The molecule has 2 aliphatic rings. The molecule has 41 heavy (non-hydrogen) atoms. The molecule has 2 fully saturated rings. The highest BCUT2D eigenvalue weighted by Gasteiger charge is 2.30. The van der Waals surface area contributed by atoms with Crippen molar-refractivity contribution in [2.24, 2.45) is 0 Å². The fourth-order valence-corrected chi connectivity index (χ4v) is 6.42. The van der Waals surface area contributed by atoms with Crippen LogP contribution in [0.4, 0.5) is 11.4 Å². The first-order valence-corrected chi connectivity index (χ1v) is 14.6. The molecule has 7 nitrogen and oxygen atoms in total. The lowest BCUT2D eigenvalue weighted by molar-refractivity contribution is 0.0673. The summed E-state index contributed by atoms with van der Waals surface area (Å²) in [7, 11) is 0. The Bertz CT molecular complexity index is 1610. The van der Waals surface area contributed by atoms with Crippen LogP contribution in [0, 0.1) is 25.2 Å². The molecule has 7 heteroatoms. The van der Waals surface area contributed by atoms with Crippen molar-refractivity contribution in [2.45, 2.75) is 33.4 Å². The van der Waals surface area contributed by atoms with Crippen molar-refractivity contribution in [3.05, 3.63) is 94.7 Å². The lowest BCUT2D eigenvalue weighted by Gasteiger charge is -2.41. The first kappa shape index (κ1) is 26.9. The van der Waals surface area contributed by atoms with Crippen LogP contribution in [0.15, 0.2) is 66.9 Å². The summed E-state index contributed by atoms with van der Waals surface area (Å²) in [6, 6.07) is 23.2. The fourth-order valence-electron chi connectivity index (χ4n) is 6.42. The van der Waals surface area contributed by atoms with E-state index < -0.39 is 0 Å². The Morgan fingerprint density at radius 2 is 1.71 bits per heavy atom. The van der Waals surface area contributed by atoms with E-state index in [0.29, 0.717) is 6.54 Å². The second kappa shape index (κ2) is 11.3. The Kier molecular flexibility index (Phi) is 7.42. The molecule has 1 amide bonds. The van der Waals surface area contributed by atoms with Crippen LogP contribution in [-0.2, 0) is 6.54 Å². The Labute approximate surface area is 242 Å². The number of hydrogen-bond acceptors (Lipinski definition) is 5. The fraction of sp³-hybridized carbons (Fsp3) is 0.353. The van der Waals surface area contributed by atoms with Gasteiger partial charge in [0.25, 0.3) is 5.91 Å². The predicted octanol–water partition coefficient (Wildman–Crippen LogP) is 5.33. The van der Waals surface area contributed by atoms with Gasteiger partial charge in [-0.1, -0.05) is 18.2 Å². The number of carbonyl (C=O) groups excluding carboxylic acids is 1. The SMILES string of the molecule is Cc1cc(C)c(C(=O)N2CCN(c3ccc4[nH]ccc4c3)CC2C)cc1CN1CCN(c2ccccc2C#N)CC1. The maximum atomic E-state index is 13.9. The van der Waals surface area contributed by atoms with Crippen molar-refractivity contribution in [2.75, 3.05) is 55.6 Å². The molecule has 6 rings (SSSR count). The van der Waals surface area contributed by atoms with Gasteiger partial charge in [-0.25, -0.2) is 0 Å². The number of carbonyl (C=O) groups is 1. The van der Waals surface area contributed by atoms with Crippen LogP contribution in [0.25, 0.3) is 10.9 Å². The van der Waals surface area contributed by atoms with Crippen LogP contribution in [0.1, 0.15) is 39.5 Å². The molecule has 0 aliphatic carbocycles. The first-order valence-electron chi connectivity index (χ1n) is 14.6. The van der Waals surface area contributed by atoms with Gasteiger partial charge >= 0.3 is 0 Å². The molecule has 0 spiro atoms. The molecule has 1 atom stereocenters. The van der Waals surface area contributed by atoms with Gasteiger partial charge in [0.1, 0.15) is 6.07 Å². The normalized spacial score (nSPS) is 18.1. The second-order valence-corrected chi connectivity index (χ2v) is 11.5. The molecular formula is C34H38N6O. The van der Waals surface area contributed by atoms with Gasteiger partial charge in [-0.05, 0) is 79.9 Å². The Balaban J connectivity index is 1.12. The lowest BCUT2D eigenvalue weighted by Crippen LogP contribution is -2.54. The third-order valence-corrected chi connectivity index (χ3v) is 8.84. The van der Waals surface area contributed by atoms with Crippen molar-refractivity contribution in [3.63, 3.8) is 0 Å². The van der Waals surface area contributed by atoms with Gasteiger partial charge in [0, 0.05) is 86.8 Å². The molecule has 1 N–H and O–H groups in total. The highest BCUT2D eigenvalue weighted by Crippen LogP contribution is 2.27. The number of nitrogens with one attached hydrogen (secondary N) is 1. The smallest absolute Gasteiger partial charge is 0.254 e. The number of benzene rings is 3. The third kappa shape index (κ3) is 5.40. The molecule has 1 unspecified atom stereocenters. The molecule has 0 radical (unpaired) electrons. The van der Waals surface area contributed by atoms with Crippen LogP contribution < -0.4 is 9.80 Å². The number of piperazine rings is 2. The van der Waals surface area contributed by atoms with Gasteiger partial charge in [0.2, 0.25) is 0 Å². The van der Waals surface area contributed by atoms with Gasteiger partial charge < -0.3 is 19.7 Å². The number of rotatable bonds is 5. The molecule has 3 aromatic carbocycles. The second-order valence-electron chi connectivity index (χ2n) is 11.5. The Morgan fingerprint density at radius 3 is 2.49 bits per heavy atom. The predicted molar refractivity (Wildman–Crippen MR) is 166 cm³/mol. The summed E-state index contributed by atoms with van der Waals surface area (Å²) in [5, 5.41) is 10.7. The molecule has 2 aliphatic heterocycles. The van der Waals surface area contributed by atoms with E-state index in [-0.39, 0.29) is 11.9 Å². The molecule has 0 saturated carbocycles. The van der Waals surface area contributed by atoms with Crippen LogP contribution >= 0.6 is 0 Å². The third-order valence-electron chi connectivity index (χ3n) is 8.84. The number of nitriles is 1. The number of nitrogens with zero attached hydrogens (tertiary/aromatic N) is 5. The molecule has 4 aromatic rings. The monoisotopic (exact) mass is 546 g/mol. The van der Waals surface area contributed by atoms with E-state index in [0.717, 1.165) is 73.7 Å². The van der Waals surface area contributed by atoms with Gasteiger partial charge in [-0.15, -0.1) is 0 Å². The highest BCUT2D eigenvalue weighted by atomic mass is 16.2. The maximum Gasteiger partial charge on any atom is 0.254 e. The number of aromatic nitrogens is 1. The van der Waals surface area contributed by atoms with E-state index in [1.54, 1.807) is 0 Å². The largest absolute Gasteiger partial charge is 0.368 e. The average Bonchev–Trinajstić information content (AvgIpc) is 3.47. The number of anilines is 2. The summed E-state index contributed by atoms with van der Waals surface area (Å²) in [5.74, 6) is 0.134. The number of para-hydroxylation sites is 1. The minimum absolute atomic E-state index is 0.117. The van der Waals surface area contributed by atoms with Crippen molar-refractivity contribution < 1.29 is 4.79 Å². The standard InChI is InChI=1S/C34H38N6O/c1-24-18-25(2)31(20-29(24)23-37-12-14-38(15-13-37)33-7-5-4-6-28(33)21-35)34(41)40-17-16-39(22-26(40)3)30-8-9-32-27(19-30)10-11-36-32/h4-11,18-20,26,36H,12-17,22-23H2,1-3H3. The highest BCUT2D eigenvalue weighted by molar-refractivity contribution is 5.96. The van der Waals surface area contributed by atoms with Gasteiger partial charge in [0.05, 0.1) is 11.3 Å². The minimum atomic E-state index is 0.117. The van der Waals surface area contributed by atoms with E-state index in [2.05, 4.69) is 87.8 Å².